The van der Waals surface area contributed by atoms with Crippen molar-refractivity contribution in [3.05, 3.63) is 66.7 Å². The normalized spacial score (nSPS) is 10.5. The molecule has 2 aromatic carbocycles. The summed E-state index contributed by atoms with van der Waals surface area (Å²) in [4.78, 5) is 10.9. The van der Waals surface area contributed by atoms with E-state index >= 15 is 0 Å². The van der Waals surface area contributed by atoms with Crippen LogP contribution in [0.25, 0.3) is 11.1 Å². The topological polar surface area (TPSA) is 46.5 Å². The van der Waals surface area contributed by atoms with Gasteiger partial charge in [0.1, 0.15) is 5.75 Å². The maximum absolute atomic E-state index is 10.9. The lowest BCUT2D eigenvalue weighted by molar-refractivity contribution is 0.0697. The number of hydrogen-bond acceptors (Lipinski definition) is 2. The predicted molar refractivity (Wildman–Crippen MR) is 111 cm³/mol. The summed E-state index contributed by atoms with van der Waals surface area (Å²) in [5.41, 5.74) is 2.35. The molecule has 0 aromatic heterocycles. The lowest BCUT2D eigenvalue weighted by atomic mass is 10.0. The molecule has 144 valence electrons. The van der Waals surface area contributed by atoms with E-state index in [9.17, 15) is 4.79 Å². The highest BCUT2D eigenvalue weighted by Gasteiger charge is 2.03. The van der Waals surface area contributed by atoms with Crippen LogP contribution >= 0.6 is 0 Å². The van der Waals surface area contributed by atoms with E-state index < -0.39 is 5.97 Å². The SMILES string of the molecule is C=CCCCCCCCCCOc1ccc(-c2ccc(C(=O)O)cc2)cc1. The van der Waals surface area contributed by atoms with Crippen LogP contribution in [-0.2, 0) is 0 Å². The fraction of sp³-hybridized carbons (Fsp3) is 0.375. The smallest absolute Gasteiger partial charge is 0.335 e. The number of rotatable bonds is 13. The average molecular weight is 367 g/mol. The molecule has 3 nitrogen and oxygen atoms in total. The van der Waals surface area contributed by atoms with E-state index in [1.807, 2.05) is 42.5 Å². The van der Waals surface area contributed by atoms with E-state index in [-0.39, 0.29) is 0 Å². The standard InChI is InChI=1S/C24H30O3/c1-2-3-4-5-6-7-8-9-10-19-27-23-17-15-21(16-18-23)20-11-13-22(14-12-20)24(25)26/h2,11-18H,1,3-10,19H2,(H,25,26). The molecule has 0 amide bonds. The minimum Gasteiger partial charge on any atom is -0.494 e. The Morgan fingerprint density at radius 1 is 0.815 bits per heavy atom. The molecule has 0 heterocycles. The van der Waals surface area contributed by atoms with Gasteiger partial charge in [-0.15, -0.1) is 6.58 Å². The van der Waals surface area contributed by atoms with Crippen LogP contribution in [0.3, 0.4) is 0 Å². The predicted octanol–water partition coefficient (Wildman–Crippen LogP) is 6.74. The molecule has 0 fully saturated rings. The molecule has 0 atom stereocenters. The molecule has 0 bridgehead atoms. The van der Waals surface area contributed by atoms with Crippen LogP contribution in [0.2, 0.25) is 0 Å². The Balaban J connectivity index is 1.64. The van der Waals surface area contributed by atoms with Crippen molar-refractivity contribution in [2.45, 2.75) is 51.4 Å². The van der Waals surface area contributed by atoms with Crippen LogP contribution in [0.15, 0.2) is 61.2 Å². The van der Waals surface area contributed by atoms with Gasteiger partial charge in [0.15, 0.2) is 0 Å². The molecule has 0 aliphatic heterocycles. The molecule has 3 heteroatoms. The quantitative estimate of drug-likeness (QED) is 0.315. The molecule has 2 aromatic rings. The molecular weight excluding hydrogens is 336 g/mol. The third-order valence-electron chi connectivity index (χ3n) is 4.64. The zero-order valence-corrected chi connectivity index (χ0v) is 16.0. The summed E-state index contributed by atoms with van der Waals surface area (Å²) >= 11 is 0. The Kier molecular flexibility index (Phi) is 9.19. The lowest BCUT2D eigenvalue weighted by Crippen LogP contribution is -1.97. The van der Waals surface area contributed by atoms with Crippen molar-refractivity contribution in [2.75, 3.05) is 6.61 Å². The van der Waals surface area contributed by atoms with Crippen LogP contribution in [0.4, 0.5) is 0 Å². The van der Waals surface area contributed by atoms with Crippen molar-refractivity contribution in [3.8, 4) is 16.9 Å². The summed E-state index contributed by atoms with van der Waals surface area (Å²) in [5.74, 6) is -0.0247. The minimum atomic E-state index is -0.905. The highest BCUT2D eigenvalue weighted by Crippen LogP contribution is 2.23. The third kappa shape index (κ3) is 7.69. The summed E-state index contributed by atoms with van der Waals surface area (Å²) in [6, 6.07) is 14.9. The number of benzene rings is 2. The first-order chi connectivity index (χ1) is 13.2. The molecule has 0 saturated heterocycles. The van der Waals surface area contributed by atoms with Gasteiger partial charge in [0.2, 0.25) is 0 Å². The Morgan fingerprint density at radius 3 is 1.89 bits per heavy atom. The monoisotopic (exact) mass is 366 g/mol. The van der Waals surface area contributed by atoms with Gasteiger partial charge >= 0.3 is 5.97 Å². The fourth-order valence-corrected chi connectivity index (χ4v) is 3.01. The molecule has 2 rings (SSSR count). The van der Waals surface area contributed by atoms with E-state index in [2.05, 4.69) is 6.58 Å². The molecule has 27 heavy (non-hydrogen) atoms. The van der Waals surface area contributed by atoms with Gasteiger partial charge in [-0.3, -0.25) is 0 Å². The largest absolute Gasteiger partial charge is 0.494 e. The number of unbranched alkanes of at least 4 members (excludes halogenated alkanes) is 7. The summed E-state index contributed by atoms with van der Waals surface area (Å²) in [5, 5.41) is 8.96. The highest BCUT2D eigenvalue weighted by molar-refractivity contribution is 5.88. The van der Waals surface area contributed by atoms with Crippen LogP contribution in [0.1, 0.15) is 61.7 Å². The maximum atomic E-state index is 10.9. The Bertz CT molecular complexity index is 687. The van der Waals surface area contributed by atoms with E-state index in [0.29, 0.717) is 5.56 Å². The van der Waals surface area contributed by atoms with Gasteiger partial charge < -0.3 is 9.84 Å². The molecule has 0 saturated carbocycles. The van der Waals surface area contributed by atoms with Crippen LogP contribution in [0.5, 0.6) is 5.75 Å². The second kappa shape index (κ2) is 11.9. The number of carboxylic acids is 1. The fourth-order valence-electron chi connectivity index (χ4n) is 3.01. The molecule has 0 unspecified atom stereocenters. The van der Waals surface area contributed by atoms with Gasteiger partial charge in [0.25, 0.3) is 0 Å². The number of aromatic carboxylic acids is 1. The van der Waals surface area contributed by atoms with E-state index in [1.165, 1.54) is 38.5 Å². The van der Waals surface area contributed by atoms with E-state index in [1.54, 1.807) is 12.1 Å². The Hall–Kier alpha value is -2.55. The number of ether oxygens (including phenoxy) is 1. The van der Waals surface area contributed by atoms with Gasteiger partial charge in [-0.1, -0.05) is 62.4 Å². The summed E-state index contributed by atoms with van der Waals surface area (Å²) in [7, 11) is 0. The first-order valence-corrected chi connectivity index (χ1v) is 9.88. The Labute approximate surface area is 162 Å². The minimum absolute atomic E-state index is 0.301. The average Bonchev–Trinajstić information content (AvgIpc) is 2.70. The van der Waals surface area contributed by atoms with E-state index in [4.69, 9.17) is 9.84 Å². The van der Waals surface area contributed by atoms with Crippen molar-refractivity contribution in [3.63, 3.8) is 0 Å². The number of hydrogen-bond donors (Lipinski definition) is 1. The Morgan fingerprint density at radius 2 is 1.33 bits per heavy atom. The lowest BCUT2D eigenvalue weighted by Gasteiger charge is -2.08. The number of allylic oxidation sites excluding steroid dienone is 1. The molecule has 0 spiro atoms. The first-order valence-electron chi connectivity index (χ1n) is 9.88. The van der Waals surface area contributed by atoms with E-state index in [0.717, 1.165) is 36.3 Å². The summed E-state index contributed by atoms with van der Waals surface area (Å²) in [6.45, 7) is 4.50. The number of carbonyl (C=O) groups is 1. The van der Waals surface area contributed by atoms with Gasteiger partial charge in [0, 0.05) is 0 Å². The van der Waals surface area contributed by atoms with Crippen molar-refractivity contribution in [1.82, 2.24) is 0 Å². The van der Waals surface area contributed by atoms with Crippen LogP contribution in [-0.4, -0.2) is 17.7 Å². The van der Waals surface area contributed by atoms with Crippen LogP contribution < -0.4 is 4.74 Å². The van der Waals surface area contributed by atoms with Gasteiger partial charge in [-0.05, 0) is 54.7 Å². The summed E-state index contributed by atoms with van der Waals surface area (Å²) in [6.07, 6.45) is 11.9. The molecular formula is C24H30O3. The molecule has 0 radical (unpaired) electrons. The maximum Gasteiger partial charge on any atom is 0.335 e. The highest BCUT2D eigenvalue weighted by atomic mass is 16.5. The van der Waals surface area contributed by atoms with Gasteiger partial charge in [-0.25, -0.2) is 4.79 Å². The van der Waals surface area contributed by atoms with Crippen molar-refractivity contribution in [1.29, 1.82) is 0 Å². The van der Waals surface area contributed by atoms with Crippen LogP contribution in [0, 0.1) is 0 Å². The third-order valence-corrected chi connectivity index (χ3v) is 4.64. The second-order valence-corrected chi connectivity index (χ2v) is 6.81. The van der Waals surface area contributed by atoms with Gasteiger partial charge in [0.05, 0.1) is 12.2 Å². The van der Waals surface area contributed by atoms with Crippen molar-refractivity contribution < 1.29 is 14.6 Å². The second-order valence-electron chi connectivity index (χ2n) is 6.81. The molecule has 0 aliphatic rings. The zero-order chi connectivity index (χ0) is 19.3. The summed E-state index contributed by atoms with van der Waals surface area (Å²) < 4.78 is 5.82. The number of carboxylic acid groups (broad SMARTS) is 1. The first kappa shape index (κ1) is 20.8. The van der Waals surface area contributed by atoms with Crippen molar-refractivity contribution >= 4 is 5.97 Å². The molecule has 1 N–H and O–H groups in total. The molecule has 0 aliphatic carbocycles. The zero-order valence-electron chi connectivity index (χ0n) is 16.0. The van der Waals surface area contributed by atoms with Gasteiger partial charge in [-0.2, -0.15) is 0 Å². The van der Waals surface area contributed by atoms with Crippen molar-refractivity contribution in [2.24, 2.45) is 0 Å².